The first-order chi connectivity index (χ1) is 8.44. The molecular weight excluding hydrogens is 236 g/mol. The van der Waals surface area contributed by atoms with Gasteiger partial charge in [0.25, 0.3) is 0 Å². The van der Waals surface area contributed by atoms with Crippen LogP contribution in [0.4, 0.5) is 8.78 Å². The van der Waals surface area contributed by atoms with E-state index < -0.39 is 28.5 Å². The zero-order chi connectivity index (χ0) is 13.3. The van der Waals surface area contributed by atoms with E-state index in [0.29, 0.717) is 0 Å². The number of benzene rings is 1. The molecule has 98 valence electrons. The average Bonchev–Trinajstić information content (AvgIpc) is 2.82. The predicted molar refractivity (Wildman–Crippen MR) is 65.6 cm³/mol. The third kappa shape index (κ3) is 2.17. The van der Waals surface area contributed by atoms with Crippen molar-refractivity contribution in [3.8, 4) is 0 Å². The van der Waals surface area contributed by atoms with E-state index >= 15 is 0 Å². The number of carbonyl (C=O) groups is 1. The maximum absolute atomic E-state index is 13.6. The van der Waals surface area contributed by atoms with Crippen molar-refractivity contribution in [3.05, 3.63) is 35.4 Å². The van der Waals surface area contributed by atoms with Crippen LogP contribution in [0.2, 0.25) is 0 Å². The third-order valence-corrected chi connectivity index (χ3v) is 3.64. The second-order valence-corrected chi connectivity index (χ2v) is 5.18. The van der Waals surface area contributed by atoms with E-state index in [2.05, 4.69) is 0 Å². The highest BCUT2D eigenvalue weighted by Crippen LogP contribution is 2.27. The lowest BCUT2D eigenvalue weighted by Crippen LogP contribution is -2.49. The Hall–Kier alpha value is -1.29. The Balaban J connectivity index is 2.35. The average molecular weight is 253 g/mol. The number of likely N-dealkylation sites (tertiary alicyclic amines) is 1. The van der Waals surface area contributed by atoms with Gasteiger partial charge in [0.2, 0.25) is 0 Å². The van der Waals surface area contributed by atoms with Crippen LogP contribution >= 0.6 is 0 Å². The minimum atomic E-state index is -0.862. The quantitative estimate of drug-likeness (QED) is 0.772. The maximum atomic E-state index is 13.6. The van der Waals surface area contributed by atoms with Gasteiger partial charge in [0.1, 0.15) is 11.6 Å². The number of carbonyl (C=O) groups excluding carboxylic acids is 1. The van der Waals surface area contributed by atoms with E-state index in [4.69, 9.17) is 0 Å². The van der Waals surface area contributed by atoms with Gasteiger partial charge in [0.15, 0.2) is 5.78 Å². The van der Waals surface area contributed by atoms with E-state index in [-0.39, 0.29) is 0 Å². The molecule has 18 heavy (non-hydrogen) atoms. The molecule has 0 saturated carbocycles. The number of Topliss-reactive ketones (excluding diaryl/α,β-unsaturated/α-hetero) is 1. The van der Waals surface area contributed by atoms with Gasteiger partial charge in [0, 0.05) is 0 Å². The molecule has 4 heteroatoms. The zero-order valence-electron chi connectivity index (χ0n) is 10.7. The fraction of sp³-hybridized carbons (Fsp3) is 0.500. The van der Waals surface area contributed by atoms with Crippen LogP contribution in [0.15, 0.2) is 18.2 Å². The fourth-order valence-electron chi connectivity index (χ4n) is 2.44. The smallest absolute Gasteiger partial charge is 0.188 e. The Labute approximate surface area is 106 Å². The fourth-order valence-corrected chi connectivity index (χ4v) is 2.44. The van der Waals surface area contributed by atoms with Gasteiger partial charge in [-0.3, -0.25) is 9.69 Å². The maximum Gasteiger partial charge on any atom is 0.188 e. The summed E-state index contributed by atoms with van der Waals surface area (Å²) in [7, 11) is 0. The molecule has 1 saturated heterocycles. The van der Waals surface area contributed by atoms with Crippen molar-refractivity contribution >= 4 is 5.78 Å². The molecule has 1 aliphatic rings. The van der Waals surface area contributed by atoms with Gasteiger partial charge >= 0.3 is 0 Å². The largest absolute Gasteiger partial charge is 0.292 e. The van der Waals surface area contributed by atoms with Crippen molar-refractivity contribution in [2.75, 3.05) is 13.1 Å². The third-order valence-electron chi connectivity index (χ3n) is 3.64. The second kappa shape index (κ2) is 4.76. The molecule has 0 unspecified atom stereocenters. The lowest BCUT2D eigenvalue weighted by atomic mass is 9.91. The molecule has 1 aromatic carbocycles. The van der Waals surface area contributed by atoms with Crippen molar-refractivity contribution in [2.45, 2.75) is 32.2 Å². The summed E-state index contributed by atoms with van der Waals surface area (Å²) < 4.78 is 27.3. The Morgan fingerprint density at radius 3 is 2.17 bits per heavy atom. The minimum Gasteiger partial charge on any atom is -0.292 e. The van der Waals surface area contributed by atoms with Crippen molar-refractivity contribution in [2.24, 2.45) is 0 Å². The summed E-state index contributed by atoms with van der Waals surface area (Å²) in [5.74, 6) is -2.06. The molecule has 0 N–H and O–H groups in total. The highest BCUT2D eigenvalue weighted by molar-refractivity contribution is 6.03. The van der Waals surface area contributed by atoms with Gasteiger partial charge in [-0.1, -0.05) is 6.07 Å². The summed E-state index contributed by atoms with van der Waals surface area (Å²) in [6.45, 7) is 5.06. The van der Waals surface area contributed by atoms with Gasteiger partial charge in [0.05, 0.1) is 11.1 Å². The molecular formula is C14H17F2NO. The Morgan fingerprint density at radius 2 is 1.67 bits per heavy atom. The number of hydrogen-bond acceptors (Lipinski definition) is 2. The molecule has 1 aromatic rings. The van der Waals surface area contributed by atoms with Crippen LogP contribution in [0.25, 0.3) is 0 Å². The first-order valence-corrected chi connectivity index (χ1v) is 6.18. The molecule has 0 aliphatic carbocycles. The van der Waals surface area contributed by atoms with Crippen LogP contribution in [-0.4, -0.2) is 29.3 Å². The summed E-state index contributed by atoms with van der Waals surface area (Å²) in [4.78, 5) is 14.4. The molecule has 1 aliphatic heterocycles. The Kier molecular flexibility index (Phi) is 3.48. The lowest BCUT2D eigenvalue weighted by Gasteiger charge is -2.34. The van der Waals surface area contributed by atoms with Crippen LogP contribution in [0, 0.1) is 11.6 Å². The monoisotopic (exact) mass is 253 g/mol. The Morgan fingerprint density at radius 1 is 1.17 bits per heavy atom. The molecule has 0 aromatic heterocycles. The van der Waals surface area contributed by atoms with Crippen LogP contribution in [0.1, 0.15) is 37.0 Å². The number of halogens is 2. The summed E-state index contributed by atoms with van der Waals surface area (Å²) >= 11 is 0. The molecule has 0 amide bonds. The van der Waals surface area contributed by atoms with Crippen molar-refractivity contribution in [3.63, 3.8) is 0 Å². The zero-order valence-corrected chi connectivity index (χ0v) is 10.7. The van der Waals surface area contributed by atoms with Crippen LogP contribution < -0.4 is 0 Å². The molecule has 0 spiro atoms. The standard InChI is InChI=1S/C14H17F2NO/c1-14(2,17-8-3-4-9-17)13(18)12-10(15)6-5-7-11(12)16/h5-7H,3-4,8-9H2,1-2H3. The summed E-state index contributed by atoms with van der Waals surface area (Å²) in [5, 5.41) is 0. The molecule has 2 rings (SSSR count). The normalized spacial score (nSPS) is 17.1. The Bertz CT molecular complexity index is 445. The molecule has 0 atom stereocenters. The van der Waals surface area contributed by atoms with Crippen molar-refractivity contribution in [1.82, 2.24) is 4.90 Å². The number of ketones is 1. The van der Waals surface area contributed by atoms with E-state index in [1.165, 1.54) is 6.07 Å². The first-order valence-electron chi connectivity index (χ1n) is 6.18. The SMILES string of the molecule is CC(C)(C(=O)c1c(F)cccc1F)N1CCCC1. The van der Waals surface area contributed by atoms with Crippen molar-refractivity contribution < 1.29 is 13.6 Å². The number of nitrogens with zero attached hydrogens (tertiary/aromatic N) is 1. The van der Waals surface area contributed by atoms with E-state index in [1.807, 2.05) is 4.90 Å². The molecule has 1 fully saturated rings. The minimum absolute atomic E-state index is 0.422. The predicted octanol–water partition coefficient (Wildman–Crippen LogP) is 3.02. The highest BCUT2D eigenvalue weighted by Gasteiger charge is 2.38. The van der Waals surface area contributed by atoms with E-state index in [0.717, 1.165) is 38.1 Å². The highest BCUT2D eigenvalue weighted by atomic mass is 19.1. The lowest BCUT2D eigenvalue weighted by molar-refractivity contribution is 0.0693. The summed E-state index contributed by atoms with van der Waals surface area (Å²) in [6, 6.07) is 3.51. The number of rotatable bonds is 3. The molecule has 2 nitrogen and oxygen atoms in total. The van der Waals surface area contributed by atoms with Gasteiger partial charge in [-0.25, -0.2) is 8.78 Å². The van der Waals surface area contributed by atoms with Crippen molar-refractivity contribution in [1.29, 1.82) is 0 Å². The molecule has 1 heterocycles. The van der Waals surface area contributed by atoms with Crippen LogP contribution in [0.5, 0.6) is 0 Å². The first kappa shape index (κ1) is 13.1. The van der Waals surface area contributed by atoms with Crippen LogP contribution in [0.3, 0.4) is 0 Å². The van der Waals surface area contributed by atoms with Crippen LogP contribution in [-0.2, 0) is 0 Å². The molecule has 0 radical (unpaired) electrons. The van der Waals surface area contributed by atoms with Gasteiger partial charge in [-0.15, -0.1) is 0 Å². The second-order valence-electron chi connectivity index (χ2n) is 5.18. The van der Waals surface area contributed by atoms with Gasteiger partial charge < -0.3 is 0 Å². The van der Waals surface area contributed by atoms with Gasteiger partial charge in [-0.05, 0) is 51.9 Å². The van der Waals surface area contributed by atoms with Gasteiger partial charge in [-0.2, -0.15) is 0 Å². The van der Waals surface area contributed by atoms with E-state index in [1.54, 1.807) is 13.8 Å². The molecule has 0 bridgehead atoms. The summed E-state index contributed by atoms with van der Waals surface area (Å²) in [6.07, 6.45) is 2.05. The van der Waals surface area contributed by atoms with E-state index in [9.17, 15) is 13.6 Å². The number of hydrogen-bond donors (Lipinski definition) is 0. The summed E-state index contributed by atoms with van der Waals surface area (Å²) in [5.41, 5.74) is -1.28. The topological polar surface area (TPSA) is 20.3 Å².